The number of sulfonamides is 1. The smallest absolute Gasteiger partial charge is 0.261 e. The molecule has 0 spiro atoms. The van der Waals surface area contributed by atoms with E-state index in [1.807, 2.05) is 13.8 Å². The Morgan fingerprint density at radius 2 is 1.62 bits per heavy atom. The molecular weight excluding hydrogens is 457 g/mol. The third kappa shape index (κ3) is 5.77. The van der Waals surface area contributed by atoms with E-state index < -0.39 is 15.8 Å². The molecule has 32 heavy (non-hydrogen) atoms. The first-order chi connectivity index (χ1) is 15.1. The number of carbonyl (C=O) groups excluding carboxylic acids is 2. The van der Waals surface area contributed by atoms with E-state index in [9.17, 15) is 22.4 Å². The summed E-state index contributed by atoms with van der Waals surface area (Å²) in [5.74, 6) is -0.482. The number of hydrogen-bond acceptors (Lipinski definition) is 4. The molecule has 1 fully saturated rings. The van der Waals surface area contributed by atoms with Gasteiger partial charge in [-0.3, -0.25) is 14.3 Å². The number of hydrogen-bond donors (Lipinski definition) is 1. The van der Waals surface area contributed by atoms with E-state index >= 15 is 0 Å². The predicted octanol–water partition coefficient (Wildman–Crippen LogP) is 3.61. The maximum absolute atomic E-state index is 13.1. The van der Waals surface area contributed by atoms with Crippen molar-refractivity contribution in [2.24, 2.45) is 5.92 Å². The van der Waals surface area contributed by atoms with E-state index in [1.54, 1.807) is 9.80 Å². The predicted molar refractivity (Wildman–Crippen MR) is 121 cm³/mol. The van der Waals surface area contributed by atoms with Gasteiger partial charge in [0.25, 0.3) is 15.9 Å². The molecule has 3 rings (SSSR count). The number of rotatable bonds is 6. The van der Waals surface area contributed by atoms with Crippen molar-refractivity contribution in [3.8, 4) is 0 Å². The molecule has 0 saturated carbocycles. The lowest BCUT2D eigenvalue weighted by Crippen LogP contribution is -2.50. The molecule has 1 N–H and O–H groups in total. The molecule has 2 aromatic rings. The number of amides is 2. The van der Waals surface area contributed by atoms with Gasteiger partial charge in [-0.05, 0) is 48.4 Å². The average Bonchev–Trinajstić information content (AvgIpc) is 2.74. The van der Waals surface area contributed by atoms with Gasteiger partial charge in [-0.2, -0.15) is 0 Å². The van der Waals surface area contributed by atoms with Gasteiger partial charge in [0.2, 0.25) is 5.91 Å². The lowest BCUT2D eigenvalue weighted by atomic mass is 10.1. The van der Waals surface area contributed by atoms with Crippen LogP contribution in [0.25, 0.3) is 0 Å². The van der Waals surface area contributed by atoms with Crippen molar-refractivity contribution in [1.29, 1.82) is 0 Å². The molecule has 0 bridgehead atoms. The Balaban J connectivity index is 1.71. The zero-order chi connectivity index (χ0) is 23.5. The summed E-state index contributed by atoms with van der Waals surface area (Å²) in [6, 6.07) is 8.71. The second-order valence-electron chi connectivity index (χ2n) is 8.03. The van der Waals surface area contributed by atoms with Crippen LogP contribution in [0.1, 0.15) is 30.6 Å². The first-order valence-electron chi connectivity index (χ1n) is 10.2. The van der Waals surface area contributed by atoms with Gasteiger partial charge < -0.3 is 9.80 Å². The lowest BCUT2D eigenvalue weighted by Gasteiger charge is -2.35. The molecule has 0 unspecified atom stereocenters. The summed E-state index contributed by atoms with van der Waals surface area (Å²) in [7, 11) is -4.02. The third-order valence-corrected chi connectivity index (χ3v) is 6.80. The SMILES string of the molecule is CC(C)CC(=O)N1CCN(C(=O)c2ccc(Cl)c(NS(=O)(=O)c3ccc(F)cc3)c2)CC1. The van der Waals surface area contributed by atoms with Crippen molar-refractivity contribution in [2.75, 3.05) is 30.9 Å². The molecule has 0 aromatic heterocycles. The van der Waals surface area contributed by atoms with Gasteiger partial charge in [-0.15, -0.1) is 0 Å². The Bertz CT molecular complexity index is 1100. The fourth-order valence-corrected chi connectivity index (χ4v) is 4.67. The van der Waals surface area contributed by atoms with Crippen LogP contribution in [0.2, 0.25) is 5.02 Å². The minimum Gasteiger partial charge on any atom is -0.339 e. The molecular formula is C22H25ClFN3O4S. The summed E-state index contributed by atoms with van der Waals surface area (Å²) >= 11 is 6.14. The monoisotopic (exact) mass is 481 g/mol. The fraction of sp³-hybridized carbons (Fsp3) is 0.364. The first kappa shape index (κ1) is 24.0. The van der Waals surface area contributed by atoms with Crippen LogP contribution in [0.3, 0.4) is 0 Å². The van der Waals surface area contributed by atoms with Gasteiger partial charge in [0.15, 0.2) is 0 Å². The molecule has 2 aromatic carbocycles. The summed E-state index contributed by atoms with van der Waals surface area (Å²) in [5, 5.41) is 0.122. The number of piperazine rings is 1. The minimum absolute atomic E-state index is 0.0487. The number of halogens is 2. The van der Waals surface area contributed by atoms with Gasteiger partial charge in [-0.25, -0.2) is 12.8 Å². The molecule has 1 aliphatic rings. The summed E-state index contributed by atoms with van der Waals surface area (Å²) in [6.45, 7) is 5.66. The Morgan fingerprint density at radius 3 is 2.22 bits per heavy atom. The van der Waals surface area contributed by atoms with Gasteiger partial charge in [0.1, 0.15) is 5.82 Å². The van der Waals surface area contributed by atoms with E-state index in [-0.39, 0.29) is 38.9 Å². The highest BCUT2D eigenvalue weighted by Crippen LogP contribution is 2.27. The van der Waals surface area contributed by atoms with Gasteiger partial charge in [-0.1, -0.05) is 25.4 Å². The molecule has 172 valence electrons. The van der Waals surface area contributed by atoms with E-state index in [2.05, 4.69) is 4.72 Å². The molecule has 0 radical (unpaired) electrons. The van der Waals surface area contributed by atoms with Crippen LogP contribution in [0, 0.1) is 11.7 Å². The third-order valence-electron chi connectivity index (χ3n) is 5.08. The molecule has 0 atom stereocenters. The van der Waals surface area contributed by atoms with Crippen LogP contribution in [0.5, 0.6) is 0 Å². The van der Waals surface area contributed by atoms with E-state index in [1.165, 1.54) is 18.2 Å². The molecule has 10 heteroatoms. The van der Waals surface area contributed by atoms with Gasteiger partial charge in [0, 0.05) is 38.2 Å². The maximum atomic E-state index is 13.1. The van der Waals surface area contributed by atoms with Crippen LogP contribution in [-0.2, 0) is 14.8 Å². The molecule has 1 aliphatic heterocycles. The summed E-state index contributed by atoms with van der Waals surface area (Å²) in [4.78, 5) is 28.4. The van der Waals surface area contributed by atoms with Gasteiger partial charge in [0.05, 0.1) is 15.6 Å². The highest BCUT2D eigenvalue weighted by atomic mass is 35.5. The number of carbonyl (C=O) groups is 2. The van der Waals surface area contributed by atoms with Gasteiger partial charge >= 0.3 is 0 Å². The summed E-state index contributed by atoms with van der Waals surface area (Å²) in [5.41, 5.74) is 0.320. The highest BCUT2D eigenvalue weighted by Gasteiger charge is 2.26. The lowest BCUT2D eigenvalue weighted by molar-refractivity contribution is -0.133. The Morgan fingerprint density at radius 1 is 1.03 bits per heavy atom. The largest absolute Gasteiger partial charge is 0.339 e. The van der Waals surface area contributed by atoms with Crippen LogP contribution in [0.4, 0.5) is 10.1 Å². The van der Waals surface area contributed by atoms with Crippen molar-refractivity contribution >= 4 is 39.1 Å². The first-order valence-corrected chi connectivity index (χ1v) is 12.1. The Kier molecular flexibility index (Phi) is 7.40. The summed E-state index contributed by atoms with van der Waals surface area (Å²) in [6.07, 6.45) is 0.475. The normalized spacial score (nSPS) is 14.5. The Hall–Kier alpha value is -2.65. The second-order valence-corrected chi connectivity index (χ2v) is 10.1. The molecule has 1 heterocycles. The van der Waals surface area contributed by atoms with Crippen LogP contribution < -0.4 is 4.72 Å². The molecule has 2 amide bonds. The number of benzene rings is 2. The molecule has 1 saturated heterocycles. The van der Waals surface area contributed by atoms with Crippen molar-refractivity contribution in [2.45, 2.75) is 25.2 Å². The van der Waals surface area contributed by atoms with Crippen LogP contribution in [0.15, 0.2) is 47.4 Å². The van der Waals surface area contributed by atoms with Crippen molar-refractivity contribution < 1.29 is 22.4 Å². The van der Waals surface area contributed by atoms with Crippen LogP contribution in [-0.4, -0.2) is 56.2 Å². The maximum Gasteiger partial charge on any atom is 0.261 e. The number of anilines is 1. The number of nitrogens with one attached hydrogen (secondary N) is 1. The average molecular weight is 482 g/mol. The zero-order valence-electron chi connectivity index (χ0n) is 17.8. The number of nitrogens with zero attached hydrogens (tertiary/aromatic N) is 2. The quantitative estimate of drug-likeness (QED) is 0.682. The van der Waals surface area contributed by atoms with E-state index in [4.69, 9.17) is 11.6 Å². The van der Waals surface area contributed by atoms with E-state index in [0.717, 1.165) is 24.3 Å². The molecule has 0 aliphatic carbocycles. The van der Waals surface area contributed by atoms with Crippen molar-refractivity contribution in [3.05, 3.63) is 58.9 Å². The highest BCUT2D eigenvalue weighted by molar-refractivity contribution is 7.92. The topological polar surface area (TPSA) is 86.8 Å². The van der Waals surface area contributed by atoms with Crippen LogP contribution >= 0.6 is 11.6 Å². The summed E-state index contributed by atoms with van der Waals surface area (Å²) < 4.78 is 40.7. The van der Waals surface area contributed by atoms with Crippen molar-refractivity contribution in [1.82, 2.24) is 9.80 Å². The Labute approximate surface area is 192 Å². The minimum atomic E-state index is -4.02. The standard InChI is InChI=1S/C22H25ClFN3O4S/c1-15(2)13-21(28)26-9-11-27(12-10-26)22(29)16-3-8-19(23)20(14-16)25-32(30,31)18-6-4-17(24)5-7-18/h3-8,14-15,25H,9-13H2,1-2H3. The van der Waals surface area contributed by atoms with E-state index in [0.29, 0.717) is 32.6 Å². The second kappa shape index (κ2) is 9.87. The fourth-order valence-electron chi connectivity index (χ4n) is 3.37. The zero-order valence-corrected chi connectivity index (χ0v) is 19.4. The molecule has 7 nitrogen and oxygen atoms in total. The van der Waals surface area contributed by atoms with Crippen molar-refractivity contribution in [3.63, 3.8) is 0 Å².